The summed E-state index contributed by atoms with van der Waals surface area (Å²) in [4.78, 5) is 43.2. The van der Waals surface area contributed by atoms with Gasteiger partial charge in [0.1, 0.15) is 0 Å². The standard InChI is InChI=1S/C19H18F9N5O4/c20-17(21,22)8-3-12(34)33(5-8)6-9(29-16(36)37)4-13(35)32-2-1-10-11(7-32)30-15(19(26,27)28)31-14(10)18(23,24)25/h8-9,29H,1-7H2,(H,36,37)/t8?,9-/m0/s1. The predicted molar refractivity (Wildman–Crippen MR) is 101 cm³/mol. The minimum Gasteiger partial charge on any atom is -0.465 e. The maximum absolute atomic E-state index is 13.3. The summed E-state index contributed by atoms with van der Waals surface area (Å²) < 4.78 is 118. The molecule has 1 saturated heterocycles. The van der Waals surface area contributed by atoms with E-state index in [0.29, 0.717) is 0 Å². The Hall–Kier alpha value is -3.34. The van der Waals surface area contributed by atoms with Crippen molar-refractivity contribution < 1.29 is 59.0 Å². The zero-order chi connectivity index (χ0) is 27.9. The van der Waals surface area contributed by atoms with E-state index in [1.54, 1.807) is 0 Å². The van der Waals surface area contributed by atoms with E-state index in [-0.39, 0.29) is 0 Å². The molecule has 1 aromatic rings. The Balaban J connectivity index is 1.78. The van der Waals surface area contributed by atoms with Crippen molar-refractivity contribution in [3.63, 3.8) is 0 Å². The summed E-state index contributed by atoms with van der Waals surface area (Å²) in [5, 5.41) is 10.9. The van der Waals surface area contributed by atoms with E-state index >= 15 is 0 Å². The van der Waals surface area contributed by atoms with Gasteiger partial charge >= 0.3 is 24.6 Å². The van der Waals surface area contributed by atoms with Crippen LogP contribution in [0.15, 0.2) is 0 Å². The Bertz CT molecular complexity index is 1070. The Morgan fingerprint density at radius 1 is 1.05 bits per heavy atom. The summed E-state index contributed by atoms with van der Waals surface area (Å²) in [5.74, 6) is -5.88. The average molecular weight is 551 g/mol. The van der Waals surface area contributed by atoms with Crippen molar-refractivity contribution in [2.45, 2.75) is 50.4 Å². The molecule has 37 heavy (non-hydrogen) atoms. The van der Waals surface area contributed by atoms with Crippen LogP contribution >= 0.6 is 0 Å². The molecule has 0 aromatic carbocycles. The largest absolute Gasteiger partial charge is 0.465 e. The number of halogens is 9. The highest BCUT2D eigenvalue weighted by molar-refractivity contribution is 5.80. The van der Waals surface area contributed by atoms with Gasteiger partial charge in [0.25, 0.3) is 0 Å². The van der Waals surface area contributed by atoms with Crippen LogP contribution in [0.4, 0.5) is 44.3 Å². The third-order valence-corrected chi connectivity index (χ3v) is 5.81. The number of nitrogens with one attached hydrogen (secondary N) is 1. The summed E-state index contributed by atoms with van der Waals surface area (Å²) in [6.45, 7) is -2.54. The van der Waals surface area contributed by atoms with Gasteiger partial charge in [0.15, 0.2) is 5.69 Å². The van der Waals surface area contributed by atoms with Crippen LogP contribution in [0.25, 0.3) is 0 Å². The summed E-state index contributed by atoms with van der Waals surface area (Å²) in [6, 6.07) is -1.40. The van der Waals surface area contributed by atoms with Crippen LogP contribution in [-0.2, 0) is 34.9 Å². The number of rotatable bonds is 5. The second kappa shape index (κ2) is 9.85. The van der Waals surface area contributed by atoms with Gasteiger partial charge in [-0.25, -0.2) is 14.8 Å². The van der Waals surface area contributed by atoms with Gasteiger partial charge in [0.05, 0.1) is 24.2 Å². The number of carbonyl (C=O) groups excluding carboxylic acids is 2. The fourth-order valence-corrected chi connectivity index (χ4v) is 4.11. The lowest BCUT2D eigenvalue weighted by atomic mass is 10.0. The first kappa shape index (κ1) is 28.2. The fourth-order valence-electron chi connectivity index (χ4n) is 4.11. The second-order valence-corrected chi connectivity index (χ2v) is 8.47. The zero-order valence-corrected chi connectivity index (χ0v) is 18.5. The molecule has 1 fully saturated rings. The fraction of sp³-hybridized carbons (Fsp3) is 0.632. The number of carbonyl (C=O) groups is 3. The Morgan fingerprint density at radius 3 is 2.22 bits per heavy atom. The van der Waals surface area contributed by atoms with Gasteiger partial charge in [0.2, 0.25) is 17.6 Å². The summed E-state index contributed by atoms with van der Waals surface area (Å²) in [7, 11) is 0. The minimum atomic E-state index is -5.31. The van der Waals surface area contributed by atoms with Gasteiger partial charge in [-0.2, -0.15) is 39.5 Å². The molecule has 18 heteroatoms. The number of nitrogens with zero attached hydrogens (tertiary/aromatic N) is 4. The van der Waals surface area contributed by atoms with Crippen LogP contribution in [0, 0.1) is 5.92 Å². The van der Waals surface area contributed by atoms with Gasteiger partial charge in [-0.05, 0) is 6.42 Å². The molecule has 3 amide bonds. The lowest BCUT2D eigenvalue weighted by molar-refractivity contribution is -0.171. The molecule has 2 N–H and O–H groups in total. The van der Waals surface area contributed by atoms with E-state index in [1.165, 1.54) is 0 Å². The van der Waals surface area contributed by atoms with Crippen molar-refractivity contribution in [3.8, 4) is 0 Å². The molecule has 9 nitrogen and oxygen atoms in total. The summed E-state index contributed by atoms with van der Waals surface area (Å²) in [5.41, 5.74) is -3.10. The van der Waals surface area contributed by atoms with Crippen molar-refractivity contribution in [2.24, 2.45) is 5.92 Å². The average Bonchev–Trinajstić information content (AvgIpc) is 3.11. The summed E-state index contributed by atoms with van der Waals surface area (Å²) in [6.07, 6.45) is -19.0. The third-order valence-electron chi connectivity index (χ3n) is 5.81. The third kappa shape index (κ3) is 6.71. The number of likely N-dealkylation sites (tertiary alicyclic amines) is 1. The van der Waals surface area contributed by atoms with Crippen molar-refractivity contribution in [1.82, 2.24) is 25.1 Å². The minimum absolute atomic E-state index is 0.401. The molecule has 0 radical (unpaired) electrons. The number of fused-ring (bicyclic) bond motifs is 1. The maximum Gasteiger partial charge on any atom is 0.451 e. The number of aromatic nitrogens is 2. The quantitative estimate of drug-likeness (QED) is 0.544. The van der Waals surface area contributed by atoms with E-state index in [0.717, 1.165) is 9.80 Å². The Labute approximate surface area is 201 Å². The van der Waals surface area contributed by atoms with Gasteiger partial charge in [-0.1, -0.05) is 0 Å². The normalized spacial score (nSPS) is 19.6. The van der Waals surface area contributed by atoms with E-state index in [9.17, 15) is 53.9 Å². The Kier molecular flexibility index (Phi) is 7.51. The van der Waals surface area contributed by atoms with Crippen LogP contribution in [-0.4, -0.2) is 74.6 Å². The highest BCUT2D eigenvalue weighted by Crippen LogP contribution is 2.37. The van der Waals surface area contributed by atoms with Gasteiger partial charge in [-0.15, -0.1) is 0 Å². The van der Waals surface area contributed by atoms with Gasteiger partial charge in [-0.3, -0.25) is 9.59 Å². The van der Waals surface area contributed by atoms with Gasteiger partial charge < -0.3 is 20.2 Å². The first-order valence-corrected chi connectivity index (χ1v) is 10.5. The zero-order valence-electron chi connectivity index (χ0n) is 18.5. The molecular formula is C19H18F9N5O4. The van der Waals surface area contributed by atoms with Crippen molar-refractivity contribution in [1.29, 1.82) is 0 Å². The molecule has 0 aliphatic carbocycles. The molecule has 2 aliphatic heterocycles. The van der Waals surface area contributed by atoms with Crippen LogP contribution in [0.5, 0.6) is 0 Å². The predicted octanol–water partition coefficient (Wildman–Crippen LogP) is 2.84. The van der Waals surface area contributed by atoms with Crippen molar-refractivity contribution in [2.75, 3.05) is 19.6 Å². The van der Waals surface area contributed by atoms with E-state index in [2.05, 4.69) is 9.97 Å². The monoisotopic (exact) mass is 551 g/mol. The smallest absolute Gasteiger partial charge is 0.451 e. The highest BCUT2D eigenvalue weighted by Gasteiger charge is 2.48. The molecule has 0 spiro atoms. The first-order chi connectivity index (χ1) is 16.9. The molecule has 2 aliphatic rings. The lowest BCUT2D eigenvalue weighted by Gasteiger charge is -2.31. The second-order valence-electron chi connectivity index (χ2n) is 8.47. The topological polar surface area (TPSA) is 116 Å². The number of carboxylic acid groups (broad SMARTS) is 1. The molecular weight excluding hydrogens is 533 g/mol. The highest BCUT2D eigenvalue weighted by atomic mass is 19.4. The number of alkyl halides is 9. The molecule has 206 valence electrons. The summed E-state index contributed by atoms with van der Waals surface area (Å²) >= 11 is 0. The lowest BCUT2D eigenvalue weighted by Crippen LogP contribution is -2.48. The van der Waals surface area contributed by atoms with Gasteiger partial charge in [0, 0.05) is 38.0 Å². The van der Waals surface area contributed by atoms with Crippen molar-refractivity contribution in [3.05, 3.63) is 22.8 Å². The molecule has 3 rings (SSSR count). The van der Waals surface area contributed by atoms with Crippen LogP contribution < -0.4 is 5.32 Å². The molecule has 1 unspecified atom stereocenters. The van der Waals surface area contributed by atoms with E-state index in [4.69, 9.17) is 5.11 Å². The van der Waals surface area contributed by atoms with Crippen molar-refractivity contribution >= 4 is 17.9 Å². The molecule has 1 aromatic heterocycles. The molecule has 3 heterocycles. The molecule has 0 saturated carbocycles. The number of amides is 3. The number of hydrogen-bond acceptors (Lipinski definition) is 5. The van der Waals surface area contributed by atoms with Crippen LogP contribution in [0.3, 0.4) is 0 Å². The number of hydrogen-bond donors (Lipinski definition) is 2. The van der Waals surface area contributed by atoms with E-state index in [1.807, 2.05) is 5.32 Å². The molecule has 2 atom stereocenters. The Morgan fingerprint density at radius 2 is 1.70 bits per heavy atom. The van der Waals surface area contributed by atoms with E-state index < -0.39 is 117 Å². The van der Waals surface area contributed by atoms with Crippen LogP contribution in [0.1, 0.15) is 35.6 Å². The van der Waals surface area contributed by atoms with Crippen LogP contribution in [0.2, 0.25) is 0 Å². The molecule has 0 bridgehead atoms. The maximum atomic E-state index is 13.3. The SMILES string of the molecule is O=C(O)N[C@@H](CC(=O)N1CCc2c(nc(C(F)(F)F)nc2C(F)(F)F)C1)CN1CC(C(F)(F)F)CC1=O. The first-order valence-electron chi connectivity index (χ1n) is 10.5.